The number of pyridine rings is 4. The van der Waals surface area contributed by atoms with Crippen LogP contribution in [0.25, 0.3) is 45.0 Å². The molecule has 12 aromatic rings. The van der Waals surface area contributed by atoms with E-state index >= 15 is 0 Å². The molecule has 0 bridgehead atoms. The van der Waals surface area contributed by atoms with Crippen LogP contribution in [0.2, 0.25) is 0 Å². The first-order valence-electron chi connectivity index (χ1n) is 41.3. The number of hydrogen-bond acceptors (Lipinski definition) is 12. The van der Waals surface area contributed by atoms with Crippen molar-refractivity contribution in [3.05, 3.63) is 333 Å². The van der Waals surface area contributed by atoms with E-state index in [-0.39, 0.29) is 25.7 Å². The van der Waals surface area contributed by atoms with E-state index in [0.29, 0.717) is 90.0 Å². The summed E-state index contributed by atoms with van der Waals surface area (Å²) in [7, 11) is 0. The molecule has 4 aliphatic rings. The molecule has 0 saturated carbocycles. The van der Waals surface area contributed by atoms with Gasteiger partial charge in [-0.25, -0.2) is 54.3 Å². The minimum atomic E-state index is -1.02. The van der Waals surface area contributed by atoms with E-state index in [1.807, 2.05) is 197 Å². The predicted octanol–water partition coefficient (Wildman–Crippen LogP) is 20.7. The summed E-state index contributed by atoms with van der Waals surface area (Å²) in [5.74, 6) is -7.87. The molecule has 4 heterocycles. The maximum Gasteiger partial charge on any atom is 0.319 e. The zero-order valence-corrected chi connectivity index (χ0v) is 71.5. The Balaban J connectivity index is 0.000000145. The Hall–Kier alpha value is -13.3. The van der Waals surface area contributed by atoms with E-state index in [1.165, 1.54) is 0 Å². The topological polar surface area (TPSA) is 297 Å². The number of nitrogens with one attached hydrogen (secondary N) is 8. The van der Waals surface area contributed by atoms with Crippen LogP contribution in [0.5, 0.6) is 0 Å². The highest BCUT2D eigenvalue weighted by molar-refractivity contribution is 5.97. The number of aryl methyl sites for hydroxylation is 3. The quantitative estimate of drug-likeness (QED) is 0.0509. The summed E-state index contributed by atoms with van der Waals surface area (Å²) in [6, 6.07) is 51.3. The number of hydrogen-bond donors (Lipinski definition) is 12. The van der Waals surface area contributed by atoms with Crippen molar-refractivity contribution in [3.8, 4) is 45.0 Å². The fourth-order valence-electron chi connectivity index (χ4n) is 17.2. The van der Waals surface area contributed by atoms with Crippen LogP contribution in [-0.2, 0) is 21.7 Å². The van der Waals surface area contributed by atoms with Crippen molar-refractivity contribution in [2.24, 2.45) is 0 Å². The van der Waals surface area contributed by atoms with Gasteiger partial charge in [0.15, 0.2) is 46.5 Å². The van der Waals surface area contributed by atoms with E-state index in [2.05, 4.69) is 62.5 Å². The number of amides is 8. The first kappa shape index (κ1) is 91.4. The highest BCUT2D eigenvalue weighted by atomic mass is 19.2. The van der Waals surface area contributed by atoms with Gasteiger partial charge in [-0.2, -0.15) is 0 Å². The molecule has 4 unspecified atom stereocenters. The Kier molecular flexibility index (Phi) is 27.3. The number of halogens is 8. The third-order valence-electron chi connectivity index (χ3n) is 23.4. The number of fused-ring (bicyclic) bond motifs is 4. The normalized spacial score (nSPS) is 19.2. The lowest BCUT2D eigenvalue weighted by molar-refractivity contribution is 0.0876. The van der Waals surface area contributed by atoms with Gasteiger partial charge >= 0.3 is 24.1 Å². The molecule has 658 valence electrons. The largest absolute Gasteiger partial charge is 0.391 e. The number of carbonyl (C=O) groups excluding carboxylic acids is 4. The molecule has 20 nitrogen and oxygen atoms in total. The SMILES string of the molecule is CC1(C)C[C@@H](O)C(NC(=O)Nc2cccnc2-c2ccccc2)c2cc(F)c(F)cc21.Cc1ccc(NC(=O)NC2c3cc(F)c(F)cc3C(C)(C)C[C@H]2O)c(-c2ccccc2)n1.Cc1ccnc(-c2ccccc2)c1NC(=O)NC1c2cc(F)c(F)cc2C(C)(C)C[C@H]1O.Cc1cnc(-c2ccccc2)c(NC(=O)NC2c3cc(F)c(F)cc3C(C)(C)C[C@H]2O)c1. The molecule has 0 fully saturated rings. The maximum absolute atomic E-state index is 14.0. The monoisotopic (exact) mass is 1730 g/mol. The van der Waals surface area contributed by atoms with Crippen molar-refractivity contribution in [2.75, 3.05) is 21.3 Å². The number of anilines is 4. The molecule has 0 radical (unpaired) electrons. The molecule has 0 spiro atoms. The molecular weight excluding hydrogens is 1640 g/mol. The zero-order valence-electron chi connectivity index (χ0n) is 71.5. The molecular formula is C99H98F8N12O8. The molecule has 0 saturated heterocycles. The van der Waals surface area contributed by atoms with E-state index in [4.69, 9.17) is 0 Å². The summed E-state index contributed by atoms with van der Waals surface area (Å²) in [5, 5.41) is 65.0. The van der Waals surface area contributed by atoms with Crippen LogP contribution in [0.1, 0.15) is 167 Å². The number of urea groups is 4. The van der Waals surface area contributed by atoms with E-state index in [9.17, 15) is 74.7 Å². The Morgan fingerprint density at radius 1 is 0.323 bits per heavy atom. The summed E-state index contributed by atoms with van der Waals surface area (Å²) in [5.41, 5.74) is 11.7. The molecule has 8 aromatic carbocycles. The van der Waals surface area contributed by atoms with E-state index in [0.717, 1.165) is 87.6 Å². The summed E-state index contributed by atoms with van der Waals surface area (Å²) >= 11 is 0. The average Bonchev–Trinajstić information content (AvgIpc) is 0.764. The molecule has 28 heteroatoms. The minimum Gasteiger partial charge on any atom is -0.391 e. The molecule has 16 rings (SSSR count). The highest BCUT2D eigenvalue weighted by Gasteiger charge is 2.45. The van der Waals surface area contributed by atoms with Crippen molar-refractivity contribution in [1.82, 2.24) is 41.2 Å². The Bertz CT molecular complexity index is 6040. The van der Waals surface area contributed by atoms with Crippen molar-refractivity contribution < 1.29 is 74.7 Å². The minimum absolute atomic E-state index is 0.289. The Labute approximate surface area is 730 Å². The summed E-state index contributed by atoms with van der Waals surface area (Å²) in [4.78, 5) is 69.3. The van der Waals surface area contributed by atoms with Crippen LogP contribution in [0.3, 0.4) is 0 Å². The summed E-state index contributed by atoms with van der Waals surface area (Å²) in [6.45, 7) is 20.4. The predicted molar refractivity (Wildman–Crippen MR) is 473 cm³/mol. The van der Waals surface area contributed by atoms with Crippen molar-refractivity contribution >= 4 is 46.9 Å². The van der Waals surface area contributed by atoms with Gasteiger partial charge in [0.2, 0.25) is 0 Å². The third-order valence-corrected chi connectivity index (χ3v) is 23.4. The van der Waals surface area contributed by atoms with Crippen LogP contribution >= 0.6 is 0 Å². The number of aliphatic hydroxyl groups is 4. The molecule has 8 atom stereocenters. The lowest BCUT2D eigenvalue weighted by Gasteiger charge is -2.40. The fraction of sp³-hybridized carbons (Fsp3) is 0.273. The average molecular weight is 1740 g/mol. The van der Waals surface area contributed by atoms with Crippen LogP contribution < -0.4 is 42.5 Å². The van der Waals surface area contributed by atoms with Gasteiger partial charge in [-0.15, -0.1) is 0 Å². The number of carbonyl (C=O) groups is 4. The van der Waals surface area contributed by atoms with Crippen molar-refractivity contribution in [1.29, 1.82) is 0 Å². The van der Waals surface area contributed by atoms with Gasteiger partial charge in [-0.05, 0) is 209 Å². The lowest BCUT2D eigenvalue weighted by Crippen LogP contribution is -2.45. The van der Waals surface area contributed by atoms with Gasteiger partial charge < -0.3 is 63.0 Å². The lowest BCUT2D eigenvalue weighted by atomic mass is 9.69. The highest BCUT2D eigenvalue weighted by Crippen LogP contribution is 2.48. The van der Waals surface area contributed by atoms with Gasteiger partial charge in [-0.1, -0.05) is 177 Å². The number of rotatable bonds is 12. The van der Waals surface area contributed by atoms with E-state index in [1.54, 1.807) is 55.0 Å². The third kappa shape index (κ3) is 20.8. The zero-order chi connectivity index (χ0) is 91.3. The Morgan fingerprint density at radius 2 is 0.622 bits per heavy atom. The van der Waals surface area contributed by atoms with Crippen LogP contribution in [0.4, 0.5) is 77.1 Å². The van der Waals surface area contributed by atoms with E-state index < -0.39 is 141 Å². The van der Waals surface area contributed by atoms with Crippen LogP contribution in [0, 0.1) is 67.3 Å². The molecule has 0 aliphatic heterocycles. The van der Waals surface area contributed by atoms with Gasteiger partial charge in [0, 0.05) is 46.5 Å². The summed E-state index contributed by atoms with van der Waals surface area (Å²) in [6.07, 6.45) is 2.33. The van der Waals surface area contributed by atoms with Gasteiger partial charge in [0.1, 0.15) is 0 Å². The first-order chi connectivity index (χ1) is 60.2. The first-order valence-corrected chi connectivity index (χ1v) is 41.3. The standard InChI is InChI=1S/3C25H25F2N3O2.C24H23F2N3O2/c1-14-9-20(22(28-13-14)15-7-5-4-6-8-15)29-24(32)30-23-16-10-18(26)19(27)11-17(16)25(2,3)12-21(23)31;1-14-9-10-28-22(15-7-5-4-6-8-15)21(14)29-24(32)30-23-16-11-18(26)19(27)12-17(16)25(2,3)13-20(23)31;1-14-9-10-20(22(28-14)15-7-5-4-6-8-15)29-24(32)30-23-16-11-18(26)19(27)12-17(16)25(2,3)13-21(23)31;1-24(2)13-20(30)22(15-11-17(25)18(26)12-16(15)24)29-23(31)28-19-9-6-10-27-21(19)14-7-4-3-5-8-14/h4-11,13,21,23,31H,12H2,1-3H3,(H2,29,30,32);4-12,20,23,31H,13H2,1-3H3,(H2,29,30,32);4-12,21,23,31H,13H2,1-3H3,(H2,29,30,32);3-12,20,22,30H,13H2,1-2H3,(H2,28,29,31)/t21-,23?;20-,23?;21-,23?;20-,22?/m1111/s1. The molecule has 127 heavy (non-hydrogen) atoms. The Morgan fingerprint density at radius 3 is 0.984 bits per heavy atom. The second-order valence-electron chi connectivity index (χ2n) is 34.8. The number of aliphatic hydroxyl groups excluding tert-OH is 4. The second-order valence-corrected chi connectivity index (χ2v) is 34.8. The van der Waals surface area contributed by atoms with Crippen LogP contribution in [-0.4, -0.2) is 88.9 Å². The van der Waals surface area contributed by atoms with Crippen LogP contribution in [0.15, 0.2) is 225 Å². The number of aromatic nitrogens is 4. The smallest absolute Gasteiger partial charge is 0.319 e. The maximum atomic E-state index is 14.0. The van der Waals surface area contributed by atoms with Crippen molar-refractivity contribution in [2.45, 2.75) is 172 Å². The molecule has 12 N–H and O–H groups in total. The van der Waals surface area contributed by atoms with Gasteiger partial charge in [0.05, 0.1) is 94.1 Å². The van der Waals surface area contributed by atoms with Gasteiger partial charge in [-0.3, -0.25) is 19.9 Å². The molecule has 4 aliphatic carbocycles. The number of benzene rings is 8. The fourth-order valence-corrected chi connectivity index (χ4v) is 17.2. The molecule has 8 amide bonds. The van der Waals surface area contributed by atoms with Crippen molar-refractivity contribution in [3.63, 3.8) is 0 Å². The second kappa shape index (κ2) is 37.9. The number of nitrogens with zero attached hydrogens (tertiary/aromatic N) is 4. The molecule has 4 aromatic heterocycles. The van der Waals surface area contributed by atoms with Gasteiger partial charge in [0.25, 0.3) is 0 Å². The summed E-state index contributed by atoms with van der Waals surface area (Å²) < 4.78 is 112.